The monoisotopic (exact) mass is 143 g/mol. The Labute approximate surface area is 60.2 Å². The molecule has 0 aliphatic carbocycles. The van der Waals surface area contributed by atoms with Gasteiger partial charge in [0.15, 0.2) is 0 Å². The quantitative estimate of drug-likeness (QED) is 0.258. The maximum absolute atomic E-state index is 4.92. The van der Waals surface area contributed by atoms with Crippen molar-refractivity contribution in [2.45, 2.75) is 6.92 Å². The Morgan fingerprint density at radius 3 is 3.11 bits per heavy atom. The maximum atomic E-state index is 4.92. The predicted molar refractivity (Wildman–Crippen MR) is 40.7 cm³/mol. The summed E-state index contributed by atoms with van der Waals surface area (Å²) in [5.41, 5.74) is 0. The second-order valence-corrected chi connectivity index (χ2v) is 1.50. The lowest BCUT2D eigenvalue weighted by atomic mass is 10.7. The molecule has 0 saturated heterocycles. The molecule has 0 radical (unpaired) electrons. The van der Waals surface area contributed by atoms with E-state index >= 15 is 0 Å². The summed E-state index contributed by atoms with van der Waals surface area (Å²) < 4.78 is 4.92. The van der Waals surface area contributed by atoms with Crippen LogP contribution < -0.4 is 0 Å². The van der Waals surface area contributed by atoms with Crippen molar-refractivity contribution in [1.82, 2.24) is 0 Å². The molecule has 0 unspecified atom stereocenters. The van der Waals surface area contributed by atoms with Gasteiger partial charge >= 0.3 is 0 Å². The SMILES string of the molecule is CC=COCCN=C=S. The molecule has 0 heterocycles. The van der Waals surface area contributed by atoms with Crippen LogP contribution in [-0.2, 0) is 4.74 Å². The number of hydrogen-bond donors (Lipinski definition) is 0. The van der Waals surface area contributed by atoms with Crippen LogP contribution in [0.1, 0.15) is 6.92 Å². The molecule has 2 nitrogen and oxygen atoms in total. The van der Waals surface area contributed by atoms with Gasteiger partial charge in [0.1, 0.15) is 6.61 Å². The van der Waals surface area contributed by atoms with E-state index in [4.69, 9.17) is 4.74 Å². The average Bonchev–Trinajstić information content (AvgIpc) is 1.89. The Morgan fingerprint density at radius 2 is 2.56 bits per heavy atom. The maximum Gasteiger partial charge on any atom is 0.108 e. The number of isothiocyanates is 1. The molecule has 0 aromatic rings. The van der Waals surface area contributed by atoms with Gasteiger partial charge < -0.3 is 4.74 Å². The molecule has 0 atom stereocenters. The average molecular weight is 143 g/mol. The van der Waals surface area contributed by atoms with Crippen molar-refractivity contribution in [3.8, 4) is 0 Å². The summed E-state index contributed by atoms with van der Waals surface area (Å²) in [5.74, 6) is 0. The fraction of sp³-hybridized carbons (Fsp3) is 0.500. The number of allylic oxidation sites excluding steroid dienone is 1. The third-order valence-electron chi connectivity index (χ3n) is 0.618. The smallest absolute Gasteiger partial charge is 0.108 e. The highest BCUT2D eigenvalue weighted by Crippen LogP contribution is 1.76. The summed E-state index contributed by atoms with van der Waals surface area (Å²) in [6.07, 6.45) is 3.44. The Kier molecular flexibility index (Phi) is 6.80. The highest BCUT2D eigenvalue weighted by molar-refractivity contribution is 7.78. The fourth-order valence-electron chi connectivity index (χ4n) is 0.308. The lowest BCUT2D eigenvalue weighted by molar-refractivity contribution is 0.259. The molecule has 9 heavy (non-hydrogen) atoms. The highest BCUT2D eigenvalue weighted by atomic mass is 32.1. The van der Waals surface area contributed by atoms with Gasteiger partial charge in [-0.25, -0.2) is 4.99 Å². The normalized spacial score (nSPS) is 9.00. The standard InChI is InChI=1S/C6H9NOS/c1-2-4-8-5-3-7-6-9/h2,4H,3,5H2,1H3. The van der Waals surface area contributed by atoms with Gasteiger partial charge in [-0.05, 0) is 19.1 Å². The lowest BCUT2D eigenvalue weighted by Gasteiger charge is -1.92. The van der Waals surface area contributed by atoms with Crippen LogP contribution in [0.25, 0.3) is 0 Å². The van der Waals surface area contributed by atoms with Gasteiger partial charge in [0.2, 0.25) is 0 Å². The molecule has 0 aliphatic rings. The summed E-state index contributed by atoms with van der Waals surface area (Å²) in [6.45, 7) is 3.06. The third kappa shape index (κ3) is 7.34. The number of hydrogen-bond acceptors (Lipinski definition) is 3. The number of thiocarbonyl (C=S) groups is 1. The van der Waals surface area contributed by atoms with Crippen LogP contribution in [0.3, 0.4) is 0 Å². The first-order chi connectivity index (χ1) is 4.41. The van der Waals surface area contributed by atoms with Crippen molar-refractivity contribution < 1.29 is 4.74 Å². The van der Waals surface area contributed by atoms with E-state index in [0.29, 0.717) is 13.2 Å². The van der Waals surface area contributed by atoms with Crippen LogP contribution >= 0.6 is 12.2 Å². The molecule has 0 saturated carbocycles. The number of aliphatic imine (C=N–C) groups is 1. The van der Waals surface area contributed by atoms with Crippen LogP contribution in [-0.4, -0.2) is 18.3 Å². The molecule has 50 valence electrons. The van der Waals surface area contributed by atoms with E-state index < -0.39 is 0 Å². The van der Waals surface area contributed by atoms with Crippen LogP contribution in [0.15, 0.2) is 17.3 Å². The molecule has 0 bridgehead atoms. The van der Waals surface area contributed by atoms with Gasteiger partial charge in [0.05, 0.1) is 18.0 Å². The second kappa shape index (κ2) is 7.34. The van der Waals surface area contributed by atoms with Crippen molar-refractivity contribution >= 4 is 17.4 Å². The van der Waals surface area contributed by atoms with Crippen molar-refractivity contribution in [2.24, 2.45) is 4.99 Å². The van der Waals surface area contributed by atoms with Gasteiger partial charge in [0.25, 0.3) is 0 Å². The summed E-state index contributed by atoms with van der Waals surface area (Å²) in [5, 5.41) is 2.25. The van der Waals surface area contributed by atoms with E-state index in [9.17, 15) is 0 Å². The largest absolute Gasteiger partial charge is 0.500 e. The number of ether oxygens (including phenoxy) is 1. The molecule has 0 fully saturated rings. The molecule has 0 spiro atoms. The van der Waals surface area contributed by atoms with Crippen LogP contribution in [0.5, 0.6) is 0 Å². The summed E-state index contributed by atoms with van der Waals surface area (Å²) >= 11 is 4.34. The third-order valence-corrected chi connectivity index (χ3v) is 0.747. The van der Waals surface area contributed by atoms with Gasteiger partial charge in [-0.15, -0.1) is 0 Å². The van der Waals surface area contributed by atoms with Gasteiger partial charge in [-0.3, -0.25) is 0 Å². The minimum atomic E-state index is 0.577. The zero-order chi connectivity index (χ0) is 6.95. The lowest BCUT2D eigenvalue weighted by Crippen LogP contribution is -1.90. The molecule has 0 aromatic carbocycles. The van der Waals surface area contributed by atoms with Crippen molar-refractivity contribution in [1.29, 1.82) is 0 Å². The van der Waals surface area contributed by atoms with Gasteiger partial charge in [0, 0.05) is 0 Å². The minimum Gasteiger partial charge on any atom is -0.500 e. The molecule has 0 rings (SSSR count). The summed E-state index contributed by atoms with van der Waals surface area (Å²) in [6, 6.07) is 0. The van der Waals surface area contributed by atoms with Crippen molar-refractivity contribution in [3.63, 3.8) is 0 Å². The molecule has 0 aromatic heterocycles. The van der Waals surface area contributed by atoms with E-state index in [1.54, 1.807) is 6.26 Å². The summed E-state index contributed by atoms with van der Waals surface area (Å²) in [4.78, 5) is 3.65. The summed E-state index contributed by atoms with van der Waals surface area (Å²) in [7, 11) is 0. The molecule has 0 aliphatic heterocycles. The Bertz CT molecular complexity index is 127. The van der Waals surface area contributed by atoms with E-state index in [1.165, 1.54) is 0 Å². The van der Waals surface area contributed by atoms with E-state index in [0.717, 1.165) is 0 Å². The molecule has 0 amide bonds. The minimum absolute atomic E-state index is 0.577. The van der Waals surface area contributed by atoms with Gasteiger partial charge in [-0.1, -0.05) is 6.08 Å². The number of rotatable bonds is 4. The van der Waals surface area contributed by atoms with E-state index in [-0.39, 0.29) is 0 Å². The second-order valence-electron chi connectivity index (χ2n) is 1.31. The van der Waals surface area contributed by atoms with Gasteiger partial charge in [-0.2, -0.15) is 0 Å². The Morgan fingerprint density at radius 1 is 1.78 bits per heavy atom. The van der Waals surface area contributed by atoms with E-state index in [1.807, 2.05) is 13.0 Å². The molecular weight excluding hydrogens is 134 g/mol. The zero-order valence-corrected chi connectivity index (χ0v) is 6.15. The van der Waals surface area contributed by atoms with Crippen LogP contribution in [0.4, 0.5) is 0 Å². The van der Waals surface area contributed by atoms with Crippen molar-refractivity contribution in [3.05, 3.63) is 12.3 Å². The van der Waals surface area contributed by atoms with Crippen molar-refractivity contribution in [2.75, 3.05) is 13.2 Å². The predicted octanol–water partition coefficient (Wildman–Crippen LogP) is 1.64. The molecular formula is C6H9NOS. The molecule has 3 heteroatoms. The fourth-order valence-corrected chi connectivity index (χ4v) is 0.400. The molecule has 0 N–H and O–H groups in total. The topological polar surface area (TPSA) is 21.6 Å². The zero-order valence-electron chi connectivity index (χ0n) is 5.33. The first-order valence-corrected chi connectivity index (χ1v) is 3.09. The first-order valence-electron chi connectivity index (χ1n) is 2.68. The first kappa shape index (κ1) is 8.34. The highest BCUT2D eigenvalue weighted by Gasteiger charge is 1.75. The van der Waals surface area contributed by atoms with E-state index in [2.05, 4.69) is 22.4 Å². The van der Waals surface area contributed by atoms with Crippen LogP contribution in [0, 0.1) is 0 Å². The number of nitrogens with zero attached hydrogens (tertiary/aromatic N) is 1. The van der Waals surface area contributed by atoms with Crippen LogP contribution in [0.2, 0.25) is 0 Å². The Balaban J connectivity index is 3.00. The Hall–Kier alpha value is -0.660.